The van der Waals surface area contributed by atoms with E-state index in [1.165, 1.54) is 5.57 Å². The largest absolute Gasteiger partial charge is 0.480 e. The summed E-state index contributed by atoms with van der Waals surface area (Å²) in [6.45, 7) is 5.89. The van der Waals surface area contributed by atoms with E-state index in [0.717, 1.165) is 24.8 Å². The van der Waals surface area contributed by atoms with Gasteiger partial charge in [0.25, 0.3) is 0 Å². The van der Waals surface area contributed by atoms with Gasteiger partial charge < -0.3 is 5.11 Å². The third-order valence-electron chi connectivity index (χ3n) is 3.76. The quantitative estimate of drug-likeness (QED) is 0.708. The summed E-state index contributed by atoms with van der Waals surface area (Å²) in [4.78, 5) is 11.0. The van der Waals surface area contributed by atoms with Crippen molar-refractivity contribution >= 4 is 5.97 Å². The Kier molecular flexibility index (Phi) is 3.18. The Morgan fingerprint density at radius 3 is 2.67 bits per heavy atom. The summed E-state index contributed by atoms with van der Waals surface area (Å²) in [5, 5.41) is 18.0. The average Bonchev–Trinajstić information content (AvgIpc) is 2.14. The van der Waals surface area contributed by atoms with E-state index < -0.39 is 17.3 Å². The standard InChI is InChI=1S/C12H17NO2/c1-8-5-4-6-12(3,9(8)2)10(7-13)11(14)15/h10H,4-6H2,1-3H3,(H,14,15). The molecule has 1 rings (SSSR count). The van der Waals surface area contributed by atoms with Crippen molar-refractivity contribution in [2.24, 2.45) is 11.3 Å². The van der Waals surface area contributed by atoms with Crippen molar-refractivity contribution in [1.82, 2.24) is 0 Å². The predicted molar refractivity (Wildman–Crippen MR) is 57.1 cm³/mol. The molecule has 1 N–H and O–H groups in total. The normalized spacial score (nSPS) is 28.4. The molecule has 0 fully saturated rings. The molecular formula is C12H17NO2. The molecule has 0 saturated heterocycles. The molecule has 15 heavy (non-hydrogen) atoms. The Morgan fingerprint density at radius 2 is 2.20 bits per heavy atom. The van der Waals surface area contributed by atoms with Crippen LogP contribution in [-0.2, 0) is 4.79 Å². The molecule has 1 aliphatic rings. The lowest BCUT2D eigenvalue weighted by Crippen LogP contribution is -2.35. The third kappa shape index (κ3) is 1.90. The van der Waals surface area contributed by atoms with Gasteiger partial charge in [-0.1, -0.05) is 18.1 Å². The van der Waals surface area contributed by atoms with Crippen LogP contribution in [0.4, 0.5) is 0 Å². The van der Waals surface area contributed by atoms with Crippen molar-refractivity contribution in [3.8, 4) is 6.07 Å². The average molecular weight is 207 g/mol. The van der Waals surface area contributed by atoms with Crippen LogP contribution in [0.15, 0.2) is 11.1 Å². The van der Waals surface area contributed by atoms with Crippen LogP contribution in [0.5, 0.6) is 0 Å². The molecule has 0 amide bonds. The van der Waals surface area contributed by atoms with Crippen molar-refractivity contribution in [2.75, 3.05) is 0 Å². The van der Waals surface area contributed by atoms with Gasteiger partial charge in [0.1, 0.15) is 0 Å². The first-order valence-electron chi connectivity index (χ1n) is 5.22. The Balaban J connectivity index is 3.16. The van der Waals surface area contributed by atoms with Crippen LogP contribution < -0.4 is 0 Å². The molecule has 0 heterocycles. The highest BCUT2D eigenvalue weighted by atomic mass is 16.4. The van der Waals surface area contributed by atoms with Crippen LogP contribution in [0.3, 0.4) is 0 Å². The zero-order valence-electron chi connectivity index (χ0n) is 9.50. The molecule has 2 atom stereocenters. The lowest BCUT2D eigenvalue weighted by atomic mass is 9.65. The van der Waals surface area contributed by atoms with Crippen LogP contribution in [0.2, 0.25) is 0 Å². The summed E-state index contributed by atoms with van der Waals surface area (Å²) in [6.07, 6.45) is 2.80. The Morgan fingerprint density at radius 1 is 1.60 bits per heavy atom. The van der Waals surface area contributed by atoms with Crippen molar-refractivity contribution in [3.63, 3.8) is 0 Å². The summed E-state index contributed by atoms with van der Waals surface area (Å²) in [5.74, 6) is -1.93. The van der Waals surface area contributed by atoms with Gasteiger partial charge in [0.15, 0.2) is 5.92 Å². The second-order valence-corrected chi connectivity index (χ2v) is 4.58. The van der Waals surface area contributed by atoms with Gasteiger partial charge in [-0.2, -0.15) is 5.26 Å². The zero-order valence-corrected chi connectivity index (χ0v) is 9.50. The molecule has 2 unspecified atom stereocenters. The highest BCUT2D eigenvalue weighted by Crippen LogP contribution is 2.45. The Bertz CT molecular complexity index is 351. The fraction of sp³-hybridized carbons (Fsp3) is 0.667. The summed E-state index contributed by atoms with van der Waals surface area (Å²) in [6, 6.07) is 1.93. The number of nitrogens with zero attached hydrogens (tertiary/aromatic N) is 1. The zero-order chi connectivity index (χ0) is 11.6. The van der Waals surface area contributed by atoms with Crippen LogP contribution in [-0.4, -0.2) is 11.1 Å². The monoisotopic (exact) mass is 207 g/mol. The van der Waals surface area contributed by atoms with E-state index in [9.17, 15) is 4.79 Å². The van der Waals surface area contributed by atoms with Gasteiger partial charge in [-0.05, 0) is 33.1 Å². The molecular weight excluding hydrogens is 190 g/mol. The number of nitriles is 1. The first-order chi connectivity index (χ1) is 6.93. The number of carbonyl (C=O) groups is 1. The molecule has 82 valence electrons. The molecule has 0 radical (unpaired) electrons. The second kappa shape index (κ2) is 4.06. The van der Waals surface area contributed by atoms with Gasteiger partial charge in [0.05, 0.1) is 6.07 Å². The number of carboxylic acid groups (broad SMARTS) is 1. The molecule has 3 nitrogen and oxygen atoms in total. The third-order valence-corrected chi connectivity index (χ3v) is 3.76. The first-order valence-corrected chi connectivity index (χ1v) is 5.22. The highest BCUT2D eigenvalue weighted by molar-refractivity contribution is 5.75. The van der Waals surface area contributed by atoms with Crippen LogP contribution in [0.1, 0.15) is 40.0 Å². The smallest absolute Gasteiger partial charge is 0.321 e. The van der Waals surface area contributed by atoms with Crippen molar-refractivity contribution in [1.29, 1.82) is 5.26 Å². The number of hydrogen-bond acceptors (Lipinski definition) is 2. The molecule has 3 heteroatoms. The number of aliphatic carboxylic acids is 1. The van der Waals surface area contributed by atoms with Crippen LogP contribution >= 0.6 is 0 Å². The Labute approximate surface area is 90.4 Å². The maximum atomic E-state index is 11.0. The van der Waals surface area contributed by atoms with E-state index in [2.05, 4.69) is 0 Å². The SMILES string of the molecule is CC1=C(C)C(C)(C(C#N)C(=O)O)CCC1. The van der Waals surface area contributed by atoms with Gasteiger partial charge in [0.2, 0.25) is 0 Å². The predicted octanol–water partition coefficient (Wildman–Crippen LogP) is 2.74. The number of hydrogen-bond donors (Lipinski definition) is 1. The van der Waals surface area contributed by atoms with Crippen molar-refractivity contribution in [2.45, 2.75) is 40.0 Å². The van der Waals surface area contributed by atoms with E-state index in [1.807, 2.05) is 26.8 Å². The van der Waals surface area contributed by atoms with Crippen LogP contribution in [0.25, 0.3) is 0 Å². The number of carboxylic acids is 1. The summed E-state index contributed by atoms with van der Waals surface area (Å²) in [7, 11) is 0. The molecule has 0 spiro atoms. The second-order valence-electron chi connectivity index (χ2n) is 4.58. The van der Waals surface area contributed by atoms with Gasteiger partial charge in [-0.15, -0.1) is 0 Å². The van der Waals surface area contributed by atoms with E-state index >= 15 is 0 Å². The molecule has 0 aliphatic heterocycles. The molecule has 0 saturated carbocycles. The molecule has 1 aliphatic carbocycles. The minimum absolute atomic E-state index is 0.483. The molecule has 0 bridgehead atoms. The first kappa shape index (κ1) is 11.8. The van der Waals surface area contributed by atoms with E-state index in [0.29, 0.717) is 0 Å². The maximum absolute atomic E-state index is 11.0. The molecule has 0 aromatic heterocycles. The van der Waals surface area contributed by atoms with E-state index in [4.69, 9.17) is 10.4 Å². The van der Waals surface area contributed by atoms with Gasteiger partial charge >= 0.3 is 5.97 Å². The Hall–Kier alpha value is -1.30. The topological polar surface area (TPSA) is 61.1 Å². The highest BCUT2D eigenvalue weighted by Gasteiger charge is 2.42. The number of rotatable bonds is 2. The maximum Gasteiger partial charge on any atom is 0.321 e. The van der Waals surface area contributed by atoms with E-state index in [1.54, 1.807) is 0 Å². The lowest BCUT2D eigenvalue weighted by molar-refractivity contribution is -0.143. The van der Waals surface area contributed by atoms with E-state index in [-0.39, 0.29) is 0 Å². The summed E-state index contributed by atoms with van der Waals surface area (Å²) < 4.78 is 0. The minimum atomic E-state index is -1.01. The minimum Gasteiger partial charge on any atom is -0.480 e. The lowest BCUT2D eigenvalue weighted by Gasteiger charge is -2.37. The number of allylic oxidation sites excluding steroid dienone is 2. The van der Waals surface area contributed by atoms with Crippen molar-refractivity contribution in [3.05, 3.63) is 11.1 Å². The van der Waals surface area contributed by atoms with Crippen LogP contribution in [0, 0.1) is 22.7 Å². The van der Waals surface area contributed by atoms with Gasteiger partial charge in [-0.3, -0.25) is 4.79 Å². The summed E-state index contributed by atoms with van der Waals surface area (Å²) in [5.41, 5.74) is 1.84. The van der Waals surface area contributed by atoms with Gasteiger partial charge in [0, 0.05) is 5.41 Å². The fourth-order valence-corrected chi connectivity index (χ4v) is 2.41. The van der Waals surface area contributed by atoms with Crippen molar-refractivity contribution < 1.29 is 9.90 Å². The molecule has 0 aromatic rings. The van der Waals surface area contributed by atoms with Gasteiger partial charge in [-0.25, -0.2) is 0 Å². The molecule has 0 aromatic carbocycles. The summed E-state index contributed by atoms with van der Waals surface area (Å²) >= 11 is 0. The fourth-order valence-electron chi connectivity index (χ4n) is 2.41.